The minimum absolute atomic E-state index is 0.147. The average Bonchev–Trinajstić information content (AvgIpc) is 3.70. The van der Waals surface area contributed by atoms with Gasteiger partial charge in [0.25, 0.3) is 0 Å². The van der Waals surface area contributed by atoms with Crippen LogP contribution < -0.4 is 0 Å². The van der Waals surface area contributed by atoms with E-state index in [4.69, 9.17) is 14.4 Å². The van der Waals surface area contributed by atoms with Crippen LogP contribution in [0.2, 0.25) is 0 Å². The Hall–Kier alpha value is -6.32. The maximum Gasteiger partial charge on any atom is 0.160 e. The molecule has 0 saturated heterocycles. The van der Waals surface area contributed by atoms with Gasteiger partial charge in [0.2, 0.25) is 0 Å². The fourth-order valence-corrected chi connectivity index (χ4v) is 7.98. The Morgan fingerprint density at radius 2 is 1.10 bits per heavy atom. The van der Waals surface area contributed by atoms with Crippen molar-refractivity contribution in [2.75, 3.05) is 0 Å². The number of rotatable bonds is 4. The first-order valence-electron chi connectivity index (χ1n) is 17.2. The fraction of sp³-hybridized carbons (Fsp3) is 0.0638. The lowest BCUT2D eigenvalue weighted by Gasteiger charge is -2.22. The average molecular weight is 641 g/mol. The standard InChI is InChI=1S/C47H32N2O/c1-47(2)39-21-12-20-37(45(39)38-25-30-15-6-7-16-31(30)26-40(38)47)42-28-41(48-46(49-42)29-13-4-3-5-14-29)35-23-24-36(34-19-10-9-18-33(34)35)44-27-32-17-8-11-22-43(32)50-44/h3-28H,1-2H3. The minimum Gasteiger partial charge on any atom is -0.456 e. The first kappa shape index (κ1) is 28.7. The van der Waals surface area contributed by atoms with E-state index < -0.39 is 0 Å². The van der Waals surface area contributed by atoms with E-state index in [0.29, 0.717) is 5.82 Å². The number of benzene rings is 7. The van der Waals surface area contributed by atoms with Crippen molar-refractivity contribution in [2.24, 2.45) is 0 Å². The second kappa shape index (κ2) is 10.8. The molecule has 7 aromatic carbocycles. The van der Waals surface area contributed by atoms with Gasteiger partial charge in [0, 0.05) is 33.1 Å². The lowest BCUT2D eigenvalue weighted by molar-refractivity contribution is 0.632. The van der Waals surface area contributed by atoms with Gasteiger partial charge >= 0.3 is 0 Å². The highest BCUT2D eigenvalue weighted by Gasteiger charge is 2.37. The van der Waals surface area contributed by atoms with E-state index in [2.05, 4.69) is 135 Å². The number of hydrogen-bond donors (Lipinski definition) is 0. The Kier molecular flexibility index (Phi) is 6.22. The van der Waals surface area contributed by atoms with Crippen LogP contribution in [0.15, 0.2) is 162 Å². The molecule has 0 amide bonds. The number of furan rings is 1. The van der Waals surface area contributed by atoms with Crippen molar-refractivity contribution < 1.29 is 4.42 Å². The maximum absolute atomic E-state index is 6.35. The van der Waals surface area contributed by atoms with E-state index in [1.807, 2.05) is 36.4 Å². The van der Waals surface area contributed by atoms with Gasteiger partial charge in [0.15, 0.2) is 5.82 Å². The van der Waals surface area contributed by atoms with Gasteiger partial charge in [-0.15, -0.1) is 0 Å². The summed E-state index contributed by atoms with van der Waals surface area (Å²) in [4.78, 5) is 10.6. The zero-order valence-electron chi connectivity index (χ0n) is 27.8. The molecule has 0 fully saturated rings. The third kappa shape index (κ3) is 4.37. The van der Waals surface area contributed by atoms with Gasteiger partial charge in [-0.1, -0.05) is 135 Å². The zero-order valence-corrected chi connectivity index (χ0v) is 27.8. The quantitative estimate of drug-likeness (QED) is 0.192. The Labute approximate surface area is 290 Å². The van der Waals surface area contributed by atoms with Crippen LogP contribution in [0.1, 0.15) is 25.0 Å². The molecular weight excluding hydrogens is 609 g/mol. The van der Waals surface area contributed by atoms with Gasteiger partial charge in [0.05, 0.1) is 11.4 Å². The third-order valence-electron chi connectivity index (χ3n) is 10.5. The second-order valence-corrected chi connectivity index (χ2v) is 13.8. The SMILES string of the molecule is CC1(C)c2cc3ccccc3cc2-c2c(-c3cc(-c4ccc(-c5cc6ccccc6o5)c5ccccc45)nc(-c4ccccc4)n3)cccc21. The second-order valence-electron chi connectivity index (χ2n) is 13.8. The third-order valence-corrected chi connectivity index (χ3v) is 10.5. The van der Waals surface area contributed by atoms with Crippen LogP contribution in [0.4, 0.5) is 0 Å². The van der Waals surface area contributed by atoms with Crippen LogP contribution in [0.25, 0.3) is 88.9 Å². The van der Waals surface area contributed by atoms with Crippen molar-refractivity contribution in [3.63, 3.8) is 0 Å². The van der Waals surface area contributed by atoms with E-state index in [9.17, 15) is 0 Å². The first-order valence-corrected chi connectivity index (χ1v) is 17.2. The summed E-state index contributed by atoms with van der Waals surface area (Å²) in [6, 6.07) is 55.8. The highest BCUT2D eigenvalue weighted by molar-refractivity contribution is 6.05. The molecule has 3 nitrogen and oxygen atoms in total. The van der Waals surface area contributed by atoms with Crippen LogP contribution in [-0.2, 0) is 5.41 Å². The van der Waals surface area contributed by atoms with Crippen LogP contribution in [-0.4, -0.2) is 9.97 Å². The number of aromatic nitrogens is 2. The molecule has 0 N–H and O–H groups in total. The van der Waals surface area contributed by atoms with Gasteiger partial charge in [0.1, 0.15) is 11.3 Å². The molecule has 0 bridgehead atoms. The molecule has 1 aliphatic rings. The number of nitrogens with zero attached hydrogens (tertiary/aromatic N) is 2. The first-order chi connectivity index (χ1) is 24.5. The van der Waals surface area contributed by atoms with E-state index in [-0.39, 0.29) is 5.41 Å². The molecule has 0 atom stereocenters. The van der Waals surface area contributed by atoms with Crippen molar-refractivity contribution in [1.82, 2.24) is 9.97 Å². The Balaban J connectivity index is 1.21. The minimum atomic E-state index is -0.147. The highest BCUT2D eigenvalue weighted by atomic mass is 16.3. The number of fused-ring (bicyclic) bond motifs is 6. The van der Waals surface area contributed by atoms with E-state index in [1.54, 1.807) is 0 Å². The summed E-state index contributed by atoms with van der Waals surface area (Å²) in [5.41, 5.74) is 12.0. The molecule has 9 aromatic rings. The summed E-state index contributed by atoms with van der Waals surface area (Å²) in [7, 11) is 0. The van der Waals surface area contributed by atoms with E-state index in [1.165, 1.54) is 33.0 Å². The van der Waals surface area contributed by atoms with Crippen molar-refractivity contribution >= 4 is 32.5 Å². The predicted molar refractivity (Wildman–Crippen MR) is 206 cm³/mol. The molecule has 3 heteroatoms. The Morgan fingerprint density at radius 3 is 1.88 bits per heavy atom. The van der Waals surface area contributed by atoms with Crippen molar-refractivity contribution in [2.45, 2.75) is 19.3 Å². The molecule has 0 aliphatic heterocycles. The molecule has 1 aliphatic carbocycles. The molecule has 50 heavy (non-hydrogen) atoms. The smallest absolute Gasteiger partial charge is 0.160 e. The predicted octanol–water partition coefficient (Wildman–Crippen LogP) is 12.5. The summed E-state index contributed by atoms with van der Waals surface area (Å²) in [6.45, 7) is 4.68. The van der Waals surface area contributed by atoms with Crippen molar-refractivity contribution in [3.8, 4) is 56.4 Å². The normalized spacial score (nSPS) is 13.2. The summed E-state index contributed by atoms with van der Waals surface area (Å²) in [5, 5.41) is 5.84. The van der Waals surface area contributed by atoms with Crippen molar-refractivity contribution in [1.29, 1.82) is 0 Å². The Morgan fingerprint density at radius 1 is 0.460 bits per heavy atom. The van der Waals surface area contributed by atoms with E-state index >= 15 is 0 Å². The topological polar surface area (TPSA) is 38.9 Å². The van der Waals surface area contributed by atoms with E-state index in [0.717, 1.165) is 61.1 Å². The van der Waals surface area contributed by atoms with Gasteiger partial charge in [-0.3, -0.25) is 0 Å². The summed E-state index contributed by atoms with van der Waals surface area (Å²) < 4.78 is 6.35. The molecular formula is C47H32N2O. The molecule has 0 saturated carbocycles. The summed E-state index contributed by atoms with van der Waals surface area (Å²) >= 11 is 0. The monoisotopic (exact) mass is 640 g/mol. The lowest BCUT2D eigenvalue weighted by Crippen LogP contribution is -2.14. The van der Waals surface area contributed by atoms with Crippen LogP contribution in [0.5, 0.6) is 0 Å². The molecule has 236 valence electrons. The van der Waals surface area contributed by atoms with Gasteiger partial charge in [-0.25, -0.2) is 9.97 Å². The Bertz CT molecular complexity index is 2760. The molecule has 2 heterocycles. The van der Waals surface area contributed by atoms with Gasteiger partial charge < -0.3 is 4.42 Å². The molecule has 2 aromatic heterocycles. The number of para-hydroxylation sites is 1. The zero-order chi connectivity index (χ0) is 33.4. The summed E-state index contributed by atoms with van der Waals surface area (Å²) in [5.74, 6) is 1.56. The van der Waals surface area contributed by atoms with Crippen LogP contribution in [0.3, 0.4) is 0 Å². The summed E-state index contributed by atoms with van der Waals surface area (Å²) in [6.07, 6.45) is 0. The fourth-order valence-electron chi connectivity index (χ4n) is 7.98. The van der Waals surface area contributed by atoms with Gasteiger partial charge in [-0.05, 0) is 80.2 Å². The van der Waals surface area contributed by atoms with Crippen LogP contribution >= 0.6 is 0 Å². The molecule has 0 radical (unpaired) electrons. The highest BCUT2D eigenvalue weighted by Crippen LogP contribution is 2.53. The van der Waals surface area contributed by atoms with Crippen molar-refractivity contribution in [3.05, 3.63) is 169 Å². The number of hydrogen-bond acceptors (Lipinski definition) is 3. The molecule has 0 unspecified atom stereocenters. The largest absolute Gasteiger partial charge is 0.456 e. The van der Waals surface area contributed by atoms with Crippen LogP contribution in [0, 0.1) is 0 Å². The van der Waals surface area contributed by atoms with Gasteiger partial charge in [-0.2, -0.15) is 0 Å². The molecule has 10 rings (SSSR count). The maximum atomic E-state index is 6.35. The molecule has 0 spiro atoms. The lowest BCUT2D eigenvalue weighted by atomic mass is 9.81.